The Balaban J connectivity index is 1.23. The summed E-state index contributed by atoms with van der Waals surface area (Å²) in [6.07, 6.45) is 5.17. The van der Waals surface area contributed by atoms with Gasteiger partial charge in [-0.2, -0.15) is 5.10 Å². The Kier molecular flexibility index (Phi) is 7.39. The van der Waals surface area contributed by atoms with Crippen molar-refractivity contribution in [2.45, 2.75) is 65.0 Å². The highest BCUT2D eigenvalue weighted by molar-refractivity contribution is 9.10. The van der Waals surface area contributed by atoms with E-state index in [0.29, 0.717) is 40.6 Å². The summed E-state index contributed by atoms with van der Waals surface area (Å²) in [7, 11) is 0. The number of anilines is 1. The number of rotatable bonds is 9. The Morgan fingerprint density at radius 3 is 2.27 bits per heavy atom. The molecule has 0 unspecified atom stereocenters. The molecule has 1 aromatic heterocycles. The molecule has 5 nitrogen and oxygen atoms in total. The minimum Gasteiger partial charge on any atom is -0.380 e. The second kappa shape index (κ2) is 10.6. The summed E-state index contributed by atoms with van der Waals surface area (Å²) in [5.74, 6) is 2.11. The first-order valence-corrected chi connectivity index (χ1v) is 14.2. The van der Waals surface area contributed by atoms with Crippen LogP contribution in [0.2, 0.25) is 0 Å². The lowest BCUT2D eigenvalue weighted by atomic mass is 9.45. The number of halogens is 1. The fraction of sp³-hybridized carbons (Fsp3) is 0.452. The van der Waals surface area contributed by atoms with E-state index in [-0.39, 0.29) is 23.8 Å². The van der Waals surface area contributed by atoms with Crippen LogP contribution in [0.25, 0.3) is 0 Å². The number of fused-ring (bicyclic) bond motifs is 2. The zero-order chi connectivity index (χ0) is 26.2. The molecule has 0 spiro atoms. The van der Waals surface area contributed by atoms with Gasteiger partial charge in [0, 0.05) is 18.4 Å². The average Bonchev–Trinajstić information content (AvgIpc) is 2.90. The van der Waals surface area contributed by atoms with Gasteiger partial charge in [-0.3, -0.25) is 9.59 Å². The normalized spacial score (nSPS) is 23.9. The predicted octanol–water partition coefficient (Wildman–Crippen LogP) is 6.67. The van der Waals surface area contributed by atoms with E-state index in [9.17, 15) is 9.59 Å². The topological polar surface area (TPSA) is 64.0 Å². The van der Waals surface area contributed by atoms with Gasteiger partial charge < -0.3 is 5.32 Å². The molecule has 0 aliphatic heterocycles. The van der Waals surface area contributed by atoms with Crippen molar-refractivity contribution in [3.05, 3.63) is 92.8 Å². The third-order valence-corrected chi connectivity index (χ3v) is 9.89. The summed E-state index contributed by atoms with van der Waals surface area (Å²) in [5, 5.41) is 7.95. The zero-order valence-corrected chi connectivity index (χ0v) is 23.4. The van der Waals surface area contributed by atoms with Gasteiger partial charge in [0.1, 0.15) is 11.0 Å². The van der Waals surface area contributed by atoms with E-state index in [1.807, 2.05) is 36.4 Å². The highest BCUT2D eigenvalue weighted by Crippen LogP contribution is 2.61. The molecule has 3 aliphatic carbocycles. The molecule has 0 amide bonds. The molecule has 0 saturated heterocycles. The Morgan fingerprint density at radius 2 is 1.70 bits per heavy atom. The Labute approximate surface area is 227 Å². The number of ketones is 1. The summed E-state index contributed by atoms with van der Waals surface area (Å²) >= 11 is 3.49. The monoisotopic (exact) mass is 561 g/mol. The number of carbonyl (C=O) groups excluding carboxylic acids is 1. The number of nitrogens with zero attached hydrogens (tertiary/aromatic N) is 2. The maximum atomic E-state index is 13.1. The number of Topliss-reactive ketones (excluding diaryl/α,β-unsaturated/α-hetero) is 1. The van der Waals surface area contributed by atoms with Crippen LogP contribution in [0.1, 0.15) is 63.5 Å². The van der Waals surface area contributed by atoms with E-state index in [2.05, 4.69) is 71.4 Å². The minimum absolute atomic E-state index is 0.00212. The fourth-order valence-corrected chi connectivity index (χ4v) is 7.09. The molecule has 194 valence electrons. The molecule has 6 rings (SSSR count). The quantitative estimate of drug-likeness (QED) is 0.317. The van der Waals surface area contributed by atoms with Crippen LogP contribution >= 0.6 is 15.9 Å². The van der Waals surface area contributed by atoms with Crippen LogP contribution in [0.5, 0.6) is 0 Å². The molecule has 3 aromatic rings. The third kappa shape index (κ3) is 5.18. The first kappa shape index (κ1) is 25.9. The van der Waals surface area contributed by atoms with Gasteiger partial charge in [0.25, 0.3) is 5.56 Å². The second-order valence-electron chi connectivity index (χ2n) is 11.5. The van der Waals surface area contributed by atoms with Crippen LogP contribution in [0.4, 0.5) is 5.69 Å². The highest BCUT2D eigenvalue weighted by atomic mass is 79.9. The van der Waals surface area contributed by atoms with Crippen LogP contribution in [-0.4, -0.2) is 21.6 Å². The Hall–Kier alpha value is -2.73. The van der Waals surface area contributed by atoms with E-state index in [4.69, 9.17) is 0 Å². The van der Waals surface area contributed by atoms with Gasteiger partial charge in [-0.15, -0.1) is 0 Å². The molecular weight excluding hydrogens is 526 g/mol. The number of hydrogen-bond acceptors (Lipinski definition) is 4. The lowest BCUT2D eigenvalue weighted by Crippen LogP contribution is -2.58. The summed E-state index contributed by atoms with van der Waals surface area (Å²) < 4.78 is 1.73. The lowest BCUT2D eigenvalue weighted by Gasteiger charge is -2.62. The van der Waals surface area contributed by atoms with Crippen LogP contribution in [0.15, 0.2) is 76.1 Å². The van der Waals surface area contributed by atoms with E-state index >= 15 is 0 Å². The maximum absolute atomic E-state index is 13.1. The second-order valence-corrected chi connectivity index (χ2v) is 12.3. The van der Waals surface area contributed by atoms with Crippen LogP contribution in [0, 0.1) is 23.2 Å². The Morgan fingerprint density at radius 1 is 1.08 bits per heavy atom. The SMILES string of the molecule is C[C@@H]1[C@H]2C[C@@H](C[C@H]1Nc1cnn(CC(=O)CCC(c3ccccc3)c3ccccc3)c(=O)c1Br)C2(C)C. The van der Waals surface area contributed by atoms with Crippen molar-refractivity contribution < 1.29 is 4.79 Å². The van der Waals surface area contributed by atoms with Crippen LogP contribution in [-0.2, 0) is 11.3 Å². The first-order valence-electron chi connectivity index (χ1n) is 13.4. The van der Waals surface area contributed by atoms with Gasteiger partial charge in [-0.1, -0.05) is 81.4 Å². The van der Waals surface area contributed by atoms with E-state index < -0.39 is 0 Å². The molecule has 3 aliphatic rings. The molecule has 1 heterocycles. The highest BCUT2D eigenvalue weighted by Gasteiger charge is 2.56. The van der Waals surface area contributed by atoms with Gasteiger partial charge in [-0.05, 0) is 69.5 Å². The van der Waals surface area contributed by atoms with Crippen molar-refractivity contribution in [3.63, 3.8) is 0 Å². The molecular formula is C31H36BrN3O2. The molecule has 0 radical (unpaired) electrons. The standard InChI is InChI=1S/C31H36BrN3O2/c1-20-26-16-23(31(26,2)3)17-27(20)34-28-18-33-35(30(37)29(28)32)19-24(36)14-15-25(21-10-6-4-7-11-21)22-12-8-5-9-13-22/h4-13,18,20,23,25-27,34H,14-17,19H2,1-3H3/t20-,23+,26-,27-/m1/s1. The van der Waals surface area contributed by atoms with Crippen molar-refractivity contribution in [2.75, 3.05) is 5.32 Å². The maximum Gasteiger partial charge on any atom is 0.283 e. The van der Waals surface area contributed by atoms with Gasteiger partial charge >= 0.3 is 0 Å². The summed E-state index contributed by atoms with van der Waals surface area (Å²) in [6, 6.07) is 20.9. The smallest absolute Gasteiger partial charge is 0.283 e. The third-order valence-electron chi connectivity index (χ3n) is 9.12. The predicted molar refractivity (Wildman–Crippen MR) is 152 cm³/mol. The summed E-state index contributed by atoms with van der Waals surface area (Å²) in [4.78, 5) is 26.0. The van der Waals surface area contributed by atoms with Gasteiger partial charge in [-0.25, -0.2) is 4.68 Å². The molecule has 4 atom stereocenters. The molecule has 2 aromatic carbocycles. The number of carbonyl (C=O) groups is 1. The summed E-state index contributed by atoms with van der Waals surface area (Å²) in [5.41, 5.74) is 3.24. The van der Waals surface area contributed by atoms with E-state index in [1.54, 1.807) is 6.20 Å². The van der Waals surface area contributed by atoms with Crippen molar-refractivity contribution in [2.24, 2.45) is 23.2 Å². The first-order chi connectivity index (χ1) is 17.8. The van der Waals surface area contributed by atoms with Crippen molar-refractivity contribution in [1.82, 2.24) is 9.78 Å². The minimum atomic E-state index is -0.269. The molecule has 6 heteroatoms. The number of benzene rings is 2. The largest absolute Gasteiger partial charge is 0.380 e. The number of nitrogens with one attached hydrogen (secondary N) is 1. The van der Waals surface area contributed by atoms with Crippen LogP contribution in [0.3, 0.4) is 0 Å². The van der Waals surface area contributed by atoms with Crippen LogP contribution < -0.4 is 10.9 Å². The average molecular weight is 563 g/mol. The molecule has 37 heavy (non-hydrogen) atoms. The van der Waals surface area contributed by atoms with Crippen molar-refractivity contribution in [3.8, 4) is 0 Å². The van der Waals surface area contributed by atoms with E-state index in [0.717, 1.165) is 18.0 Å². The molecule has 2 bridgehead atoms. The zero-order valence-electron chi connectivity index (χ0n) is 21.9. The van der Waals surface area contributed by atoms with Gasteiger partial charge in [0.05, 0.1) is 11.9 Å². The summed E-state index contributed by atoms with van der Waals surface area (Å²) in [6.45, 7) is 7.07. The number of aromatic nitrogens is 2. The molecule has 3 saturated carbocycles. The van der Waals surface area contributed by atoms with E-state index in [1.165, 1.54) is 22.2 Å². The Bertz CT molecular complexity index is 1270. The fourth-order valence-electron chi connectivity index (χ4n) is 6.67. The molecule has 1 N–H and O–H groups in total. The van der Waals surface area contributed by atoms with Gasteiger partial charge in [0.2, 0.25) is 0 Å². The number of hydrogen-bond donors (Lipinski definition) is 1. The van der Waals surface area contributed by atoms with Crippen molar-refractivity contribution >= 4 is 27.4 Å². The lowest BCUT2D eigenvalue weighted by molar-refractivity contribution is -0.120. The van der Waals surface area contributed by atoms with Gasteiger partial charge in [0.15, 0.2) is 5.78 Å². The molecule has 3 fully saturated rings. The van der Waals surface area contributed by atoms with Crippen molar-refractivity contribution in [1.29, 1.82) is 0 Å².